The lowest BCUT2D eigenvalue weighted by Crippen LogP contribution is -2.44. The average molecular weight is 276 g/mol. The molecule has 1 unspecified atom stereocenters. The van der Waals surface area contributed by atoms with Crippen molar-refractivity contribution in [3.05, 3.63) is 29.3 Å². The van der Waals surface area contributed by atoms with Gasteiger partial charge in [0.05, 0.1) is 12.7 Å². The molecule has 4 nitrogen and oxygen atoms in total. The summed E-state index contributed by atoms with van der Waals surface area (Å²) in [7, 11) is 3.46. The molecule has 1 heterocycles. The van der Waals surface area contributed by atoms with E-state index in [2.05, 4.69) is 5.32 Å². The molecule has 1 aliphatic heterocycles. The summed E-state index contributed by atoms with van der Waals surface area (Å²) < 4.78 is 5.30. The first-order valence-corrected chi connectivity index (χ1v) is 7.25. The number of nitrogens with one attached hydrogen (secondary N) is 1. The zero-order valence-electron chi connectivity index (χ0n) is 12.6. The van der Waals surface area contributed by atoms with Crippen LogP contribution in [0, 0.1) is 6.92 Å². The van der Waals surface area contributed by atoms with Gasteiger partial charge in [-0.25, -0.2) is 0 Å². The maximum Gasteiger partial charge on any atom is 0.257 e. The van der Waals surface area contributed by atoms with E-state index in [-0.39, 0.29) is 5.91 Å². The summed E-state index contributed by atoms with van der Waals surface area (Å²) in [5, 5.41) is 3.47. The highest BCUT2D eigenvalue weighted by molar-refractivity contribution is 5.97. The van der Waals surface area contributed by atoms with Gasteiger partial charge in [-0.3, -0.25) is 4.79 Å². The second kappa shape index (κ2) is 6.75. The van der Waals surface area contributed by atoms with Gasteiger partial charge in [0.2, 0.25) is 0 Å². The van der Waals surface area contributed by atoms with Gasteiger partial charge in [0, 0.05) is 19.6 Å². The maximum absolute atomic E-state index is 12.6. The Morgan fingerprint density at radius 3 is 2.90 bits per heavy atom. The van der Waals surface area contributed by atoms with Crippen LogP contribution in [-0.4, -0.2) is 44.1 Å². The Bertz CT molecular complexity index is 468. The molecule has 1 N–H and O–H groups in total. The monoisotopic (exact) mass is 276 g/mol. The van der Waals surface area contributed by atoms with Crippen molar-refractivity contribution in [2.24, 2.45) is 0 Å². The number of benzene rings is 1. The number of likely N-dealkylation sites (N-methyl/N-ethyl adjacent to an activating group) is 1. The predicted octanol–water partition coefficient (Wildman–Crippen LogP) is 2.22. The molecule has 0 aliphatic carbocycles. The summed E-state index contributed by atoms with van der Waals surface area (Å²) in [6.45, 7) is 3.79. The van der Waals surface area contributed by atoms with Crippen molar-refractivity contribution in [2.75, 3.05) is 27.2 Å². The number of nitrogens with zero attached hydrogens (tertiary/aromatic N) is 1. The van der Waals surface area contributed by atoms with Crippen molar-refractivity contribution in [2.45, 2.75) is 32.2 Å². The number of carbonyl (C=O) groups is 1. The van der Waals surface area contributed by atoms with Gasteiger partial charge >= 0.3 is 0 Å². The Morgan fingerprint density at radius 1 is 1.45 bits per heavy atom. The van der Waals surface area contributed by atoms with E-state index in [9.17, 15) is 4.79 Å². The van der Waals surface area contributed by atoms with Crippen LogP contribution in [0.1, 0.15) is 35.2 Å². The van der Waals surface area contributed by atoms with Crippen molar-refractivity contribution >= 4 is 5.91 Å². The van der Waals surface area contributed by atoms with E-state index in [1.165, 1.54) is 12.8 Å². The predicted molar refractivity (Wildman–Crippen MR) is 80.3 cm³/mol. The molecule has 1 aromatic rings. The van der Waals surface area contributed by atoms with Gasteiger partial charge in [0.15, 0.2) is 0 Å². The van der Waals surface area contributed by atoms with Crippen LogP contribution in [0.5, 0.6) is 5.75 Å². The van der Waals surface area contributed by atoms with E-state index in [0.717, 1.165) is 25.1 Å². The fraction of sp³-hybridized carbons (Fsp3) is 0.562. The Morgan fingerprint density at radius 2 is 2.25 bits per heavy atom. The summed E-state index contributed by atoms with van der Waals surface area (Å²) in [5.41, 5.74) is 1.71. The molecule has 1 fully saturated rings. The van der Waals surface area contributed by atoms with Crippen molar-refractivity contribution in [3.63, 3.8) is 0 Å². The zero-order chi connectivity index (χ0) is 14.5. The average Bonchev–Trinajstić information content (AvgIpc) is 2.47. The molecule has 1 aliphatic rings. The third-order valence-electron chi connectivity index (χ3n) is 3.84. The van der Waals surface area contributed by atoms with Crippen LogP contribution >= 0.6 is 0 Å². The summed E-state index contributed by atoms with van der Waals surface area (Å²) in [6, 6.07) is 6.12. The van der Waals surface area contributed by atoms with Gasteiger partial charge in [0.25, 0.3) is 5.91 Å². The minimum absolute atomic E-state index is 0.0259. The second-order valence-electron chi connectivity index (χ2n) is 5.54. The van der Waals surface area contributed by atoms with Gasteiger partial charge in [-0.15, -0.1) is 0 Å². The number of rotatable bonds is 4. The molecule has 0 aromatic heterocycles. The van der Waals surface area contributed by atoms with Gasteiger partial charge < -0.3 is 15.0 Å². The second-order valence-corrected chi connectivity index (χ2v) is 5.54. The summed E-state index contributed by atoms with van der Waals surface area (Å²) in [5.74, 6) is 0.668. The standard InChI is InChI=1S/C16H24N2O2/c1-12-7-8-15(20-3)14(10-12)16(19)18(2)11-13-6-4-5-9-17-13/h7-8,10,13,17H,4-6,9,11H2,1-3H3. The number of aryl methyl sites for hydroxylation is 1. The highest BCUT2D eigenvalue weighted by Gasteiger charge is 2.21. The highest BCUT2D eigenvalue weighted by Crippen LogP contribution is 2.21. The minimum Gasteiger partial charge on any atom is -0.496 e. The van der Waals surface area contributed by atoms with E-state index in [1.807, 2.05) is 32.2 Å². The van der Waals surface area contributed by atoms with Gasteiger partial charge in [0.1, 0.15) is 5.75 Å². The maximum atomic E-state index is 12.6. The number of piperidine rings is 1. The molecule has 110 valence electrons. The van der Waals surface area contributed by atoms with Gasteiger partial charge in [-0.1, -0.05) is 18.1 Å². The molecule has 0 bridgehead atoms. The molecule has 2 rings (SSSR count). The molecule has 1 aromatic carbocycles. The van der Waals surface area contributed by atoms with Crippen molar-refractivity contribution in [1.29, 1.82) is 0 Å². The van der Waals surface area contributed by atoms with Gasteiger partial charge in [-0.05, 0) is 38.4 Å². The largest absolute Gasteiger partial charge is 0.496 e. The lowest BCUT2D eigenvalue weighted by Gasteiger charge is -2.28. The lowest BCUT2D eigenvalue weighted by molar-refractivity contribution is 0.0772. The molecule has 1 amide bonds. The smallest absolute Gasteiger partial charge is 0.257 e. The molecule has 1 saturated heterocycles. The first kappa shape index (κ1) is 14.9. The number of amides is 1. The summed E-state index contributed by atoms with van der Waals surface area (Å²) in [6.07, 6.45) is 3.62. The fourth-order valence-electron chi connectivity index (χ4n) is 2.69. The molecule has 20 heavy (non-hydrogen) atoms. The Balaban J connectivity index is 2.07. The van der Waals surface area contributed by atoms with Crippen molar-refractivity contribution in [3.8, 4) is 5.75 Å². The van der Waals surface area contributed by atoms with Crippen LogP contribution in [0.3, 0.4) is 0 Å². The minimum atomic E-state index is 0.0259. The number of hydrogen-bond donors (Lipinski definition) is 1. The van der Waals surface area contributed by atoms with Crippen LogP contribution in [0.4, 0.5) is 0 Å². The van der Waals surface area contributed by atoms with Crippen LogP contribution in [0.25, 0.3) is 0 Å². The molecular formula is C16H24N2O2. The van der Waals surface area contributed by atoms with Crippen molar-refractivity contribution in [1.82, 2.24) is 10.2 Å². The van der Waals surface area contributed by atoms with Crippen LogP contribution in [-0.2, 0) is 0 Å². The normalized spacial score (nSPS) is 18.6. The highest BCUT2D eigenvalue weighted by atomic mass is 16.5. The number of hydrogen-bond acceptors (Lipinski definition) is 3. The SMILES string of the molecule is COc1ccc(C)cc1C(=O)N(C)CC1CCCCN1. The molecule has 0 radical (unpaired) electrons. The van der Waals surface area contributed by atoms with Crippen LogP contribution < -0.4 is 10.1 Å². The molecule has 4 heteroatoms. The lowest BCUT2D eigenvalue weighted by atomic mass is 10.0. The molecule has 0 saturated carbocycles. The third-order valence-corrected chi connectivity index (χ3v) is 3.84. The van der Waals surface area contributed by atoms with Crippen molar-refractivity contribution < 1.29 is 9.53 Å². The van der Waals surface area contributed by atoms with E-state index in [1.54, 1.807) is 12.0 Å². The van der Waals surface area contributed by atoms with E-state index in [4.69, 9.17) is 4.74 Å². The Hall–Kier alpha value is -1.55. The number of ether oxygens (including phenoxy) is 1. The molecule has 0 spiro atoms. The van der Waals surface area contributed by atoms with Crippen LogP contribution in [0.15, 0.2) is 18.2 Å². The summed E-state index contributed by atoms with van der Waals surface area (Å²) in [4.78, 5) is 14.4. The van der Waals surface area contributed by atoms with Crippen LogP contribution in [0.2, 0.25) is 0 Å². The summed E-state index contributed by atoms with van der Waals surface area (Å²) >= 11 is 0. The van der Waals surface area contributed by atoms with E-state index < -0.39 is 0 Å². The Labute approximate surface area is 121 Å². The van der Waals surface area contributed by atoms with Gasteiger partial charge in [-0.2, -0.15) is 0 Å². The first-order valence-electron chi connectivity index (χ1n) is 7.25. The van der Waals surface area contributed by atoms with E-state index >= 15 is 0 Å². The first-order chi connectivity index (χ1) is 9.61. The molecular weight excluding hydrogens is 252 g/mol. The molecule has 1 atom stereocenters. The quantitative estimate of drug-likeness (QED) is 0.917. The zero-order valence-corrected chi connectivity index (χ0v) is 12.6. The third kappa shape index (κ3) is 3.51. The number of methoxy groups -OCH3 is 1. The Kier molecular flexibility index (Phi) is 5.01. The number of carbonyl (C=O) groups excluding carboxylic acids is 1. The van der Waals surface area contributed by atoms with E-state index in [0.29, 0.717) is 17.4 Å². The fourth-order valence-corrected chi connectivity index (χ4v) is 2.69. The topological polar surface area (TPSA) is 41.6 Å².